The lowest BCUT2D eigenvalue weighted by Gasteiger charge is -2.03. The number of hydrogen-bond acceptors (Lipinski definition) is 4. The smallest absolute Gasteiger partial charge is 0.136 e. The van der Waals surface area contributed by atoms with E-state index < -0.39 is 0 Å². The van der Waals surface area contributed by atoms with Crippen molar-refractivity contribution in [1.82, 2.24) is 4.98 Å². The number of anilines is 1. The summed E-state index contributed by atoms with van der Waals surface area (Å²) in [5.41, 5.74) is 4.67. The molecule has 0 fully saturated rings. The molecule has 3 nitrogen and oxygen atoms in total. The average molecular weight is 443 g/mol. The highest BCUT2D eigenvalue weighted by Crippen LogP contribution is 2.26. The summed E-state index contributed by atoms with van der Waals surface area (Å²) >= 11 is 3.74. The Morgan fingerprint density at radius 3 is 2.67 bits per heavy atom. The second-order valence-electron chi connectivity index (χ2n) is 5.20. The fraction of sp³-hybridized carbons (Fsp3) is 0.0526. The van der Waals surface area contributed by atoms with Crippen LogP contribution in [-0.4, -0.2) is 4.98 Å². The number of nitrogens with zero attached hydrogens (tertiary/aromatic N) is 2. The van der Waals surface area contributed by atoms with Crippen LogP contribution in [0, 0.1) is 21.8 Å². The Balaban J connectivity index is 1.84. The maximum atomic E-state index is 9.45. The molecule has 0 aliphatic heterocycles. The number of hydrogen-bond donors (Lipinski definition) is 1. The monoisotopic (exact) mass is 443 g/mol. The number of nitrogens with one attached hydrogen (secondary N) is 1. The molecule has 1 aromatic heterocycles. The van der Waals surface area contributed by atoms with E-state index in [1.807, 2.05) is 29.6 Å². The Kier molecular flexibility index (Phi) is 5.28. The molecule has 0 radical (unpaired) electrons. The van der Waals surface area contributed by atoms with Gasteiger partial charge in [-0.25, -0.2) is 4.98 Å². The molecule has 0 saturated carbocycles. The first-order valence-corrected chi connectivity index (χ1v) is 9.27. The highest BCUT2D eigenvalue weighted by Gasteiger charge is 2.09. The van der Waals surface area contributed by atoms with Crippen molar-refractivity contribution in [3.05, 3.63) is 74.3 Å². The highest BCUT2D eigenvalue weighted by atomic mass is 127. The predicted octanol–water partition coefficient (Wildman–Crippen LogP) is 5.70. The molecule has 0 unspecified atom stereocenters. The van der Waals surface area contributed by atoms with Gasteiger partial charge in [-0.1, -0.05) is 42.0 Å². The number of thiazole rings is 1. The molecule has 0 amide bonds. The van der Waals surface area contributed by atoms with E-state index in [0.29, 0.717) is 10.6 Å². The molecular formula is C19H14IN3S. The topological polar surface area (TPSA) is 48.7 Å². The van der Waals surface area contributed by atoms with Crippen LogP contribution >= 0.6 is 33.9 Å². The van der Waals surface area contributed by atoms with Crippen molar-refractivity contribution in [3.63, 3.8) is 0 Å². The summed E-state index contributed by atoms with van der Waals surface area (Å²) in [5.74, 6) is 0. The van der Waals surface area contributed by atoms with Crippen LogP contribution in [0.2, 0.25) is 0 Å². The van der Waals surface area contributed by atoms with Gasteiger partial charge in [0.1, 0.15) is 16.6 Å². The number of para-hydroxylation sites is 1. The summed E-state index contributed by atoms with van der Waals surface area (Å²) in [4.78, 5) is 4.60. The van der Waals surface area contributed by atoms with Crippen molar-refractivity contribution in [2.75, 3.05) is 5.32 Å². The fourth-order valence-corrected chi connectivity index (χ4v) is 3.46. The molecule has 1 N–H and O–H groups in total. The molecule has 1 heterocycles. The molecule has 118 valence electrons. The highest BCUT2D eigenvalue weighted by molar-refractivity contribution is 14.1. The van der Waals surface area contributed by atoms with E-state index in [9.17, 15) is 5.26 Å². The van der Waals surface area contributed by atoms with Gasteiger partial charge in [0.2, 0.25) is 0 Å². The maximum absolute atomic E-state index is 9.45. The van der Waals surface area contributed by atoms with Crippen molar-refractivity contribution >= 4 is 45.2 Å². The van der Waals surface area contributed by atoms with Crippen LogP contribution in [0.3, 0.4) is 0 Å². The lowest BCUT2D eigenvalue weighted by atomic mass is 10.1. The molecule has 0 saturated heterocycles. The van der Waals surface area contributed by atoms with Crippen LogP contribution in [0.4, 0.5) is 5.69 Å². The molecule has 3 rings (SSSR count). The van der Waals surface area contributed by atoms with E-state index >= 15 is 0 Å². The number of nitriles is 1. The number of aryl methyl sites for hydroxylation is 1. The molecule has 2 aromatic carbocycles. The lowest BCUT2D eigenvalue weighted by molar-refractivity contribution is 1.35. The third kappa shape index (κ3) is 3.83. The van der Waals surface area contributed by atoms with Gasteiger partial charge in [-0.2, -0.15) is 5.26 Å². The van der Waals surface area contributed by atoms with Gasteiger partial charge in [-0.3, -0.25) is 0 Å². The molecule has 0 bridgehead atoms. The van der Waals surface area contributed by atoms with Gasteiger partial charge in [-0.15, -0.1) is 11.3 Å². The fourth-order valence-electron chi connectivity index (χ4n) is 2.12. The molecule has 5 heteroatoms. The summed E-state index contributed by atoms with van der Waals surface area (Å²) in [7, 11) is 0. The zero-order valence-electron chi connectivity index (χ0n) is 13.0. The first kappa shape index (κ1) is 16.7. The van der Waals surface area contributed by atoms with Crippen molar-refractivity contribution in [2.24, 2.45) is 0 Å². The molecule has 0 atom stereocenters. The van der Waals surface area contributed by atoms with Crippen LogP contribution in [0.15, 0.2) is 60.1 Å². The van der Waals surface area contributed by atoms with E-state index in [4.69, 9.17) is 0 Å². The Bertz CT molecular complexity index is 920. The summed E-state index contributed by atoms with van der Waals surface area (Å²) in [6, 6.07) is 18.4. The first-order valence-electron chi connectivity index (χ1n) is 7.31. The minimum Gasteiger partial charge on any atom is -0.359 e. The second-order valence-corrected chi connectivity index (χ2v) is 7.22. The van der Waals surface area contributed by atoms with Gasteiger partial charge in [0.15, 0.2) is 0 Å². The van der Waals surface area contributed by atoms with E-state index in [1.165, 1.54) is 16.9 Å². The Morgan fingerprint density at radius 1 is 1.21 bits per heavy atom. The molecule has 0 aliphatic carbocycles. The minimum absolute atomic E-state index is 0.526. The number of allylic oxidation sites excluding steroid dienone is 1. The van der Waals surface area contributed by atoms with Crippen molar-refractivity contribution < 1.29 is 0 Å². The quantitative estimate of drug-likeness (QED) is 0.416. The van der Waals surface area contributed by atoms with E-state index in [-0.39, 0.29) is 0 Å². The Hall–Kier alpha value is -2.17. The van der Waals surface area contributed by atoms with Gasteiger partial charge in [-0.05, 0) is 41.6 Å². The van der Waals surface area contributed by atoms with Gasteiger partial charge in [0, 0.05) is 20.7 Å². The van der Waals surface area contributed by atoms with Crippen LogP contribution in [0.25, 0.3) is 16.8 Å². The average Bonchev–Trinajstić information content (AvgIpc) is 3.07. The van der Waals surface area contributed by atoms with Gasteiger partial charge < -0.3 is 5.32 Å². The second kappa shape index (κ2) is 7.60. The van der Waals surface area contributed by atoms with Crippen molar-refractivity contribution in [3.8, 4) is 17.3 Å². The third-order valence-electron chi connectivity index (χ3n) is 3.45. The van der Waals surface area contributed by atoms with Crippen LogP contribution in [0.1, 0.15) is 10.6 Å². The van der Waals surface area contributed by atoms with Crippen LogP contribution < -0.4 is 5.32 Å². The van der Waals surface area contributed by atoms with Crippen LogP contribution in [-0.2, 0) is 0 Å². The molecule has 24 heavy (non-hydrogen) atoms. The van der Waals surface area contributed by atoms with Gasteiger partial charge >= 0.3 is 0 Å². The Labute approximate surface area is 158 Å². The number of aromatic nitrogens is 1. The largest absolute Gasteiger partial charge is 0.359 e. The minimum atomic E-state index is 0.526. The number of halogens is 1. The zero-order valence-corrected chi connectivity index (χ0v) is 15.9. The first-order chi connectivity index (χ1) is 11.7. The lowest BCUT2D eigenvalue weighted by Crippen LogP contribution is -1.93. The summed E-state index contributed by atoms with van der Waals surface area (Å²) in [6.07, 6.45) is 1.72. The molecule has 0 aliphatic rings. The maximum Gasteiger partial charge on any atom is 0.136 e. The third-order valence-corrected chi connectivity index (χ3v) is 5.26. The summed E-state index contributed by atoms with van der Waals surface area (Å²) in [6.45, 7) is 2.06. The van der Waals surface area contributed by atoms with Gasteiger partial charge in [0.05, 0.1) is 11.4 Å². The summed E-state index contributed by atoms with van der Waals surface area (Å²) < 4.78 is 1.10. The van der Waals surface area contributed by atoms with Crippen molar-refractivity contribution in [2.45, 2.75) is 6.92 Å². The number of benzene rings is 2. The van der Waals surface area contributed by atoms with E-state index in [2.05, 4.69) is 70.2 Å². The van der Waals surface area contributed by atoms with Gasteiger partial charge in [0.25, 0.3) is 0 Å². The van der Waals surface area contributed by atoms with E-state index in [0.717, 1.165) is 20.5 Å². The zero-order chi connectivity index (χ0) is 16.9. The SMILES string of the molecule is Cc1ccc(-c2csc(C(C#N)=CNc3ccccc3I)n2)cc1. The number of rotatable bonds is 4. The Morgan fingerprint density at radius 2 is 1.96 bits per heavy atom. The molecule has 3 aromatic rings. The summed E-state index contributed by atoms with van der Waals surface area (Å²) in [5, 5.41) is 15.3. The van der Waals surface area contributed by atoms with Crippen molar-refractivity contribution in [1.29, 1.82) is 5.26 Å². The van der Waals surface area contributed by atoms with Crippen LogP contribution in [0.5, 0.6) is 0 Å². The molecular weight excluding hydrogens is 429 g/mol. The predicted molar refractivity (Wildman–Crippen MR) is 109 cm³/mol. The molecule has 0 spiro atoms. The standard InChI is InChI=1S/C19H14IN3S/c1-13-6-8-14(9-7-13)18-12-24-19(23-18)15(10-21)11-22-17-5-3-2-4-16(17)20/h2-9,11-12,22H,1H3. The normalized spacial score (nSPS) is 11.1. The van der Waals surface area contributed by atoms with E-state index in [1.54, 1.807) is 6.20 Å².